The topological polar surface area (TPSA) is 105 Å². The fourth-order valence-corrected chi connectivity index (χ4v) is 5.85. The van der Waals surface area contributed by atoms with Crippen LogP contribution in [0.5, 0.6) is 11.5 Å². The molecule has 226 valence electrons. The summed E-state index contributed by atoms with van der Waals surface area (Å²) in [7, 11) is -1.23. The Balaban J connectivity index is 2.07. The van der Waals surface area contributed by atoms with E-state index in [1.54, 1.807) is 37.3 Å². The van der Waals surface area contributed by atoms with Gasteiger partial charge in [0, 0.05) is 12.6 Å². The van der Waals surface area contributed by atoms with Crippen LogP contribution in [-0.2, 0) is 26.2 Å². The number of halogens is 1. The van der Waals surface area contributed by atoms with E-state index in [1.165, 1.54) is 49.5 Å². The van der Waals surface area contributed by atoms with Gasteiger partial charge in [-0.25, -0.2) is 8.42 Å². The van der Waals surface area contributed by atoms with Gasteiger partial charge in [-0.3, -0.25) is 13.9 Å². The Labute approximate surface area is 253 Å². The number of amides is 2. The molecule has 0 aliphatic carbocycles. The van der Waals surface area contributed by atoms with Crippen molar-refractivity contribution in [3.05, 3.63) is 82.9 Å². The zero-order valence-corrected chi connectivity index (χ0v) is 26.3. The lowest BCUT2D eigenvalue weighted by Gasteiger charge is -2.32. The lowest BCUT2D eigenvalue weighted by Crippen LogP contribution is -2.52. The third-order valence-corrected chi connectivity index (χ3v) is 9.05. The average molecular weight is 616 g/mol. The molecule has 0 bridgehead atoms. The van der Waals surface area contributed by atoms with Crippen LogP contribution in [0.15, 0.2) is 71.6 Å². The highest BCUT2D eigenvalue weighted by Gasteiger charge is 2.33. The third kappa shape index (κ3) is 7.95. The molecule has 0 aliphatic rings. The molecule has 2 amide bonds. The Bertz CT molecular complexity index is 1500. The molecule has 1 N–H and O–H groups in total. The van der Waals surface area contributed by atoms with Crippen LogP contribution in [0, 0.1) is 6.92 Å². The van der Waals surface area contributed by atoms with Crippen LogP contribution >= 0.6 is 11.6 Å². The number of hydrogen-bond donors (Lipinski definition) is 1. The van der Waals surface area contributed by atoms with Crippen LogP contribution in [0.25, 0.3) is 0 Å². The molecule has 3 aromatic carbocycles. The number of ether oxygens (including phenoxy) is 2. The van der Waals surface area contributed by atoms with Gasteiger partial charge in [-0.05, 0) is 75.2 Å². The van der Waals surface area contributed by atoms with Gasteiger partial charge in [0.15, 0.2) is 0 Å². The largest absolute Gasteiger partial charge is 0.497 e. The molecule has 0 spiro atoms. The summed E-state index contributed by atoms with van der Waals surface area (Å²) in [6.07, 6.45) is 0.711. The minimum Gasteiger partial charge on any atom is -0.497 e. The number of carbonyl (C=O) groups is 2. The molecule has 3 rings (SSSR count). The monoisotopic (exact) mass is 615 g/mol. The first-order valence-corrected chi connectivity index (χ1v) is 15.4. The number of anilines is 1. The second-order valence-corrected chi connectivity index (χ2v) is 12.3. The number of nitrogens with one attached hydrogen (secondary N) is 1. The van der Waals surface area contributed by atoms with Gasteiger partial charge in [-0.2, -0.15) is 0 Å². The van der Waals surface area contributed by atoms with Gasteiger partial charge in [-0.15, -0.1) is 0 Å². The van der Waals surface area contributed by atoms with Crippen molar-refractivity contribution in [2.24, 2.45) is 0 Å². The number of sulfonamides is 1. The standard InChI is InChI=1S/C31H38ClN3O6S/c1-7-22(3)33-31(37)23(4)34(19-24-9-8-10-26(17-24)40-5)30(36)20-35(25-13-16-29(41-6)28(32)18-25)42(38,39)27-14-11-21(2)12-15-27/h8-18,22-23H,7,19-20H2,1-6H3,(H,33,37)/t22-,23-/m1/s1. The van der Waals surface area contributed by atoms with Crippen molar-refractivity contribution in [1.82, 2.24) is 10.2 Å². The number of methoxy groups -OCH3 is 2. The maximum absolute atomic E-state index is 14.1. The van der Waals surface area contributed by atoms with Crippen molar-refractivity contribution in [2.45, 2.75) is 57.6 Å². The van der Waals surface area contributed by atoms with Crippen molar-refractivity contribution >= 4 is 39.1 Å². The van der Waals surface area contributed by atoms with E-state index in [9.17, 15) is 18.0 Å². The first-order valence-electron chi connectivity index (χ1n) is 13.6. The Morgan fingerprint density at radius 2 is 1.67 bits per heavy atom. The van der Waals surface area contributed by atoms with Crippen molar-refractivity contribution in [1.29, 1.82) is 0 Å². The molecule has 42 heavy (non-hydrogen) atoms. The Hall–Kier alpha value is -3.76. The van der Waals surface area contributed by atoms with Crippen molar-refractivity contribution < 1.29 is 27.5 Å². The highest BCUT2D eigenvalue weighted by atomic mass is 35.5. The predicted molar refractivity (Wildman–Crippen MR) is 165 cm³/mol. The first-order chi connectivity index (χ1) is 19.9. The SMILES string of the molecule is CC[C@@H](C)NC(=O)[C@@H](C)N(Cc1cccc(OC)c1)C(=O)CN(c1ccc(OC)c(Cl)c1)S(=O)(=O)c1ccc(C)cc1. The molecule has 0 saturated heterocycles. The quantitative estimate of drug-likeness (QED) is 0.284. The van der Waals surface area contributed by atoms with E-state index in [1.807, 2.05) is 26.8 Å². The molecule has 11 heteroatoms. The maximum Gasteiger partial charge on any atom is 0.264 e. The molecule has 0 radical (unpaired) electrons. The smallest absolute Gasteiger partial charge is 0.264 e. The van der Waals surface area contributed by atoms with E-state index < -0.39 is 28.5 Å². The number of carbonyl (C=O) groups excluding carboxylic acids is 2. The summed E-state index contributed by atoms with van der Waals surface area (Å²) in [5, 5.41) is 3.10. The van der Waals surface area contributed by atoms with Gasteiger partial charge < -0.3 is 19.7 Å². The summed E-state index contributed by atoms with van der Waals surface area (Å²) >= 11 is 6.37. The van der Waals surface area contributed by atoms with Crippen molar-refractivity contribution in [3.63, 3.8) is 0 Å². The van der Waals surface area contributed by atoms with Gasteiger partial charge >= 0.3 is 0 Å². The predicted octanol–water partition coefficient (Wildman–Crippen LogP) is 5.19. The van der Waals surface area contributed by atoms with Gasteiger partial charge in [-0.1, -0.05) is 48.4 Å². The van der Waals surface area contributed by atoms with Crippen molar-refractivity contribution in [2.75, 3.05) is 25.1 Å². The normalized spacial score (nSPS) is 12.6. The Morgan fingerprint density at radius 3 is 2.26 bits per heavy atom. The van der Waals surface area contributed by atoms with Gasteiger partial charge in [0.25, 0.3) is 10.0 Å². The molecule has 0 aliphatic heterocycles. The summed E-state index contributed by atoms with van der Waals surface area (Å²) in [6.45, 7) is 6.77. The van der Waals surface area contributed by atoms with E-state index in [2.05, 4.69) is 5.32 Å². The van der Waals surface area contributed by atoms with E-state index in [0.717, 1.165) is 9.87 Å². The lowest BCUT2D eigenvalue weighted by atomic mass is 10.1. The summed E-state index contributed by atoms with van der Waals surface area (Å²) in [4.78, 5) is 28.7. The fourth-order valence-electron chi connectivity index (χ4n) is 4.19. The second kappa shape index (κ2) is 14.4. The minimum absolute atomic E-state index is 0.00903. The van der Waals surface area contributed by atoms with Crippen LogP contribution in [0.3, 0.4) is 0 Å². The first kappa shape index (κ1) is 32.8. The van der Waals surface area contributed by atoms with Gasteiger partial charge in [0.1, 0.15) is 24.1 Å². The number of aryl methyl sites for hydroxylation is 1. The molecule has 0 unspecified atom stereocenters. The Morgan fingerprint density at radius 1 is 0.976 bits per heavy atom. The molecule has 0 heterocycles. The molecule has 3 aromatic rings. The molecule has 0 saturated carbocycles. The third-order valence-electron chi connectivity index (χ3n) is 6.97. The number of nitrogens with zero attached hydrogens (tertiary/aromatic N) is 2. The molecule has 9 nitrogen and oxygen atoms in total. The molecule has 2 atom stereocenters. The van der Waals surface area contributed by atoms with E-state index in [-0.39, 0.29) is 34.1 Å². The summed E-state index contributed by atoms with van der Waals surface area (Å²) < 4.78 is 39.5. The molecule has 0 fully saturated rings. The highest BCUT2D eigenvalue weighted by molar-refractivity contribution is 7.92. The Kier molecular flexibility index (Phi) is 11.2. The number of rotatable bonds is 13. The number of hydrogen-bond acceptors (Lipinski definition) is 6. The zero-order chi connectivity index (χ0) is 31.0. The van der Waals surface area contributed by atoms with E-state index in [0.29, 0.717) is 23.5 Å². The van der Waals surface area contributed by atoms with Crippen molar-refractivity contribution in [3.8, 4) is 11.5 Å². The van der Waals surface area contributed by atoms with Gasteiger partial charge in [0.05, 0.1) is 29.8 Å². The second-order valence-electron chi connectivity index (χ2n) is 10.0. The van der Waals surface area contributed by atoms with Crippen LogP contribution in [0.1, 0.15) is 38.3 Å². The van der Waals surface area contributed by atoms with Crippen LogP contribution in [-0.4, -0.2) is 58.0 Å². The molecular weight excluding hydrogens is 578 g/mol. The maximum atomic E-state index is 14.1. The summed E-state index contributed by atoms with van der Waals surface area (Å²) in [5.74, 6) is 0.0238. The molecule has 0 aromatic heterocycles. The highest BCUT2D eigenvalue weighted by Crippen LogP contribution is 2.32. The van der Waals surface area contributed by atoms with E-state index in [4.69, 9.17) is 21.1 Å². The average Bonchev–Trinajstić information content (AvgIpc) is 2.98. The zero-order valence-electron chi connectivity index (χ0n) is 24.8. The minimum atomic E-state index is -4.22. The van der Waals surface area contributed by atoms with Crippen LogP contribution in [0.2, 0.25) is 5.02 Å². The van der Waals surface area contributed by atoms with E-state index >= 15 is 0 Å². The summed E-state index contributed by atoms with van der Waals surface area (Å²) in [5.41, 5.74) is 1.77. The van der Waals surface area contributed by atoms with Crippen LogP contribution in [0.4, 0.5) is 5.69 Å². The molecular formula is C31H38ClN3O6S. The number of benzene rings is 3. The van der Waals surface area contributed by atoms with Crippen LogP contribution < -0.4 is 19.1 Å². The fraction of sp³-hybridized carbons (Fsp3) is 0.355. The van der Waals surface area contributed by atoms with Gasteiger partial charge in [0.2, 0.25) is 11.8 Å². The summed E-state index contributed by atoms with van der Waals surface area (Å²) in [6, 6.07) is 17.0. The lowest BCUT2D eigenvalue weighted by molar-refractivity contribution is -0.139.